The molecule has 3 nitrogen and oxygen atoms in total. The van der Waals surface area contributed by atoms with E-state index in [0.29, 0.717) is 24.9 Å². The maximum atomic E-state index is 13.8. The minimum atomic E-state index is -1.24. The Bertz CT molecular complexity index is 662. The van der Waals surface area contributed by atoms with Crippen LogP contribution < -0.4 is 5.73 Å². The lowest BCUT2D eigenvalue weighted by Crippen LogP contribution is -2.05. The zero-order valence-electron chi connectivity index (χ0n) is 11.0. The van der Waals surface area contributed by atoms with Gasteiger partial charge in [-0.1, -0.05) is 13.0 Å². The van der Waals surface area contributed by atoms with Crippen LogP contribution in [0.2, 0.25) is 0 Å². The zero-order chi connectivity index (χ0) is 14.9. The summed E-state index contributed by atoms with van der Waals surface area (Å²) in [5, 5.41) is 0. The van der Waals surface area contributed by atoms with E-state index in [0.717, 1.165) is 6.07 Å². The standard InChI is InChI=1S/C14H14F3N3/c1-3-5-20-12(4-2)19-13(14(20)18)8-6-10(16)11(17)7-9(8)15/h3,6-7H,1,4-5,18H2,2H3. The monoisotopic (exact) mass is 281 g/mol. The van der Waals surface area contributed by atoms with Crippen molar-refractivity contribution in [3.05, 3.63) is 48.1 Å². The van der Waals surface area contributed by atoms with Gasteiger partial charge in [-0.05, 0) is 6.07 Å². The summed E-state index contributed by atoms with van der Waals surface area (Å²) in [6.45, 7) is 5.89. The number of nitrogens with two attached hydrogens (primary N) is 1. The number of nitrogens with zero attached hydrogens (tertiary/aromatic N) is 2. The van der Waals surface area contributed by atoms with Crippen molar-refractivity contribution in [2.45, 2.75) is 19.9 Å². The minimum Gasteiger partial charge on any atom is -0.383 e. The van der Waals surface area contributed by atoms with E-state index in [1.807, 2.05) is 6.92 Å². The number of imidazole rings is 1. The molecule has 0 aliphatic rings. The maximum Gasteiger partial charge on any atom is 0.161 e. The van der Waals surface area contributed by atoms with Crippen molar-refractivity contribution < 1.29 is 13.2 Å². The Hall–Kier alpha value is -2.24. The molecule has 0 aliphatic heterocycles. The van der Waals surface area contributed by atoms with Crippen LogP contribution in [0.4, 0.5) is 19.0 Å². The fourth-order valence-electron chi connectivity index (χ4n) is 2.02. The van der Waals surface area contributed by atoms with E-state index in [2.05, 4.69) is 11.6 Å². The molecule has 106 valence electrons. The highest BCUT2D eigenvalue weighted by Gasteiger charge is 2.19. The number of aromatic nitrogens is 2. The normalized spacial score (nSPS) is 10.8. The third-order valence-electron chi connectivity index (χ3n) is 2.98. The molecule has 20 heavy (non-hydrogen) atoms. The third kappa shape index (κ3) is 2.29. The first-order chi connectivity index (χ1) is 9.49. The van der Waals surface area contributed by atoms with Crippen LogP contribution in [0.25, 0.3) is 11.3 Å². The van der Waals surface area contributed by atoms with Crippen molar-refractivity contribution in [3.8, 4) is 11.3 Å². The van der Waals surface area contributed by atoms with Gasteiger partial charge in [0, 0.05) is 24.6 Å². The highest BCUT2D eigenvalue weighted by Crippen LogP contribution is 2.30. The molecule has 2 aromatic rings. The smallest absolute Gasteiger partial charge is 0.161 e. The molecular weight excluding hydrogens is 267 g/mol. The Morgan fingerprint density at radius 3 is 2.50 bits per heavy atom. The summed E-state index contributed by atoms with van der Waals surface area (Å²) in [5.41, 5.74) is 5.88. The quantitative estimate of drug-likeness (QED) is 0.690. The van der Waals surface area contributed by atoms with E-state index in [-0.39, 0.29) is 17.1 Å². The molecule has 1 aromatic carbocycles. The molecule has 0 saturated heterocycles. The first-order valence-electron chi connectivity index (χ1n) is 6.10. The van der Waals surface area contributed by atoms with Crippen molar-refractivity contribution >= 4 is 5.82 Å². The fourth-order valence-corrected chi connectivity index (χ4v) is 2.02. The van der Waals surface area contributed by atoms with Crippen molar-refractivity contribution in [1.29, 1.82) is 0 Å². The number of hydrogen-bond acceptors (Lipinski definition) is 2. The lowest BCUT2D eigenvalue weighted by Gasteiger charge is -2.06. The number of halogens is 3. The fraction of sp³-hybridized carbons (Fsp3) is 0.214. The van der Waals surface area contributed by atoms with Gasteiger partial charge in [-0.2, -0.15) is 0 Å². The van der Waals surface area contributed by atoms with Crippen molar-refractivity contribution in [2.75, 3.05) is 5.73 Å². The van der Waals surface area contributed by atoms with Crippen LogP contribution >= 0.6 is 0 Å². The summed E-state index contributed by atoms with van der Waals surface area (Å²) in [6.07, 6.45) is 2.20. The summed E-state index contributed by atoms with van der Waals surface area (Å²) >= 11 is 0. The number of allylic oxidation sites excluding steroid dienone is 1. The van der Waals surface area contributed by atoms with Crippen LogP contribution in [0.15, 0.2) is 24.8 Å². The molecule has 0 unspecified atom stereocenters. The molecule has 2 N–H and O–H groups in total. The summed E-state index contributed by atoms with van der Waals surface area (Å²) in [5.74, 6) is -2.46. The van der Waals surface area contributed by atoms with E-state index in [1.54, 1.807) is 10.6 Å². The van der Waals surface area contributed by atoms with Crippen LogP contribution in [0.1, 0.15) is 12.7 Å². The predicted octanol–water partition coefficient (Wildman–Crippen LogP) is 3.30. The van der Waals surface area contributed by atoms with Gasteiger partial charge < -0.3 is 10.3 Å². The van der Waals surface area contributed by atoms with Crippen molar-refractivity contribution in [1.82, 2.24) is 9.55 Å². The van der Waals surface area contributed by atoms with Gasteiger partial charge in [-0.3, -0.25) is 0 Å². The molecule has 0 spiro atoms. The highest BCUT2D eigenvalue weighted by molar-refractivity contribution is 5.71. The van der Waals surface area contributed by atoms with Gasteiger partial charge in [0.05, 0.1) is 0 Å². The van der Waals surface area contributed by atoms with Gasteiger partial charge in [0.2, 0.25) is 0 Å². The predicted molar refractivity (Wildman–Crippen MR) is 71.5 cm³/mol. The molecule has 6 heteroatoms. The third-order valence-corrected chi connectivity index (χ3v) is 2.98. The number of aryl methyl sites for hydroxylation is 1. The largest absolute Gasteiger partial charge is 0.383 e. The number of benzene rings is 1. The Balaban J connectivity index is 2.64. The van der Waals surface area contributed by atoms with Crippen LogP contribution in [-0.2, 0) is 13.0 Å². The summed E-state index contributed by atoms with van der Waals surface area (Å²) in [7, 11) is 0. The molecule has 0 amide bonds. The van der Waals surface area contributed by atoms with Gasteiger partial charge in [0.15, 0.2) is 11.6 Å². The zero-order valence-corrected chi connectivity index (χ0v) is 11.0. The molecule has 0 atom stereocenters. The average Bonchev–Trinajstić information content (AvgIpc) is 2.72. The number of hydrogen-bond donors (Lipinski definition) is 1. The number of anilines is 1. The van der Waals surface area contributed by atoms with E-state index in [1.165, 1.54) is 0 Å². The molecule has 0 saturated carbocycles. The molecule has 0 radical (unpaired) electrons. The lowest BCUT2D eigenvalue weighted by molar-refractivity contribution is 0.496. The van der Waals surface area contributed by atoms with Crippen molar-refractivity contribution in [2.24, 2.45) is 0 Å². The minimum absolute atomic E-state index is 0.111. The van der Waals surface area contributed by atoms with Gasteiger partial charge in [-0.15, -0.1) is 6.58 Å². The Morgan fingerprint density at radius 2 is 1.90 bits per heavy atom. The van der Waals surface area contributed by atoms with E-state index in [9.17, 15) is 13.2 Å². The van der Waals surface area contributed by atoms with Crippen molar-refractivity contribution in [3.63, 3.8) is 0 Å². The summed E-state index contributed by atoms with van der Waals surface area (Å²) in [4.78, 5) is 4.21. The van der Waals surface area contributed by atoms with Gasteiger partial charge in [0.25, 0.3) is 0 Å². The maximum absolute atomic E-state index is 13.8. The topological polar surface area (TPSA) is 43.8 Å². The Kier molecular flexibility index (Phi) is 3.83. The van der Waals surface area contributed by atoms with Gasteiger partial charge >= 0.3 is 0 Å². The average molecular weight is 281 g/mol. The molecule has 0 aliphatic carbocycles. The molecule has 0 fully saturated rings. The lowest BCUT2D eigenvalue weighted by atomic mass is 10.1. The second kappa shape index (κ2) is 5.40. The summed E-state index contributed by atoms with van der Waals surface area (Å²) < 4.78 is 41.7. The molecule has 1 heterocycles. The first kappa shape index (κ1) is 14.2. The van der Waals surface area contributed by atoms with Crippen LogP contribution in [0, 0.1) is 17.5 Å². The first-order valence-corrected chi connectivity index (χ1v) is 6.10. The van der Waals surface area contributed by atoms with E-state index < -0.39 is 17.5 Å². The molecular formula is C14H14F3N3. The van der Waals surface area contributed by atoms with Gasteiger partial charge in [-0.25, -0.2) is 18.2 Å². The molecule has 1 aromatic heterocycles. The molecule has 2 rings (SSSR count). The van der Waals surface area contributed by atoms with Crippen LogP contribution in [-0.4, -0.2) is 9.55 Å². The van der Waals surface area contributed by atoms with Crippen LogP contribution in [0.3, 0.4) is 0 Å². The van der Waals surface area contributed by atoms with Gasteiger partial charge in [0.1, 0.15) is 23.2 Å². The Morgan fingerprint density at radius 1 is 1.25 bits per heavy atom. The Labute approximate surface area is 114 Å². The SMILES string of the molecule is C=CCn1c(CC)nc(-c2cc(F)c(F)cc2F)c1N. The summed E-state index contributed by atoms with van der Waals surface area (Å²) in [6, 6.07) is 1.25. The highest BCUT2D eigenvalue weighted by atomic mass is 19.2. The molecule has 0 bridgehead atoms. The van der Waals surface area contributed by atoms with E-state index in [4.69, 9.17) is 5.73 Å². The second-order valence-electron chi connectivity index (χ2n) is 4.26. The second-order valence-corrected chi connectivity index (χ2v) is 4.26. The van der Waals surface area contributed by atoms with E-state index >= 15 is 0 Å². The van der Waals surface area contributed by atoms with Crippen LogP contribution in [0.5, 0.6) is 0 Å². The number of rotatable bonds is 4. The number of nitrogen functional groups attached to an aromatic ring is 1.